The summed E-state index contributed by atoms with van der Waals surface area (Å²) in [6.07, 6.45) is 1.86. The van der Waals surface area contributed by atoms with Crippen LogP contribution in [0.5, 0.6) is 0 Å². The molecule has 7 nitrogen and oxygen atoms in total. The molecule has 1 amide bonds. The van der Waals surface area contributed by atoms with E-state index < -0.39 is 23.0 Å². The van der Waals surface area contributed by atoms with Crippen molar-refractivity contribution in [3.8, 4) is 0 Å². The summed E-state index contributed by atoms with van der Waals surface area (Å²) in [5, 5.41) is 15.6. The zero-order valence-corrected chi connectivity index (χ0v) is 12.4. The summed E-state index contributed by atoms with van der Waals surface area (Å²) in [6, 6.07) is 0. The molecule has 0 saturated carbocycles. The van der Waals surface area contributed by atoms with Gasteiger partial charge in [0.1, 0.15) is 11.1 Å². The summed E-state index contributed by atoms with van der Waals surface area (Å²) in [5.41, 5.74) is -0.835. The first-order chi connectivity index (χ1) is 9.79. The normalized spacial score (nSPS) is 22.1. The molecule has 21 heavy (non-hydrogen) atoms. The Hall–Kier alpha value is -2.18. The third-order valence-corrected chi connectivity index (χ3v) is 4.28. The number of H-pyrrole nitrogens is 1. The molecule has 1 aromatic rings. The van der Waals surface area contributed by atoms with E-state index in [1.54, 1.807) is 13.8 Å². The highest BCUT2D eigenvalue weighted by atomic mass is 16.4. The average molecular weight is 293 g/mol. The fraction of sp³-hybridized carbons (Fsp3) is 0.571. The van der Waals surface area contributed by atoms with Gasteiger partial charge in [-0.05, 0) is 45.6 Å². The standard InChI is InChI=1S/C14H19N3O4/c1-8-9(2)15-16-11(18)10(8)12(19)17-7-5-4-6-14(17,3)13(20)21/h4-7H2,1-3H3,(H,16,18)(H,20,21). The van der Waals surface area contributed by atoms with Crippen molar-refractivity contribution in [2.75, 3.05) is 6.54 Å². The van der Waals surface area contributed by atoms with Crippen LogP contribution in [-0.2, 0) is 4.79 Å². The summed E-state index contributed by atoms with van der Waals surface area (Å²) in [5.74, 6) is -1.58. The van der Waals surface area contributed by atoms with E-state index in [0.717, 1.165) is 12.8 Å². The number of carboxylic acid groups (broad SMARTS) is 1. The highest BCUT2D eigenvalue weighted by molar-refractivity contribution is 5.98. The third-order valence-electron chi connectivity index (χ3n) is 4.28. The Morgan fingerprint density at radius 1 is 1.33 bits per heavy atom. The lowest BCUT2D eigenvalue weighted by Gasteiger charge is -2.41. The van der Waals surface area contributed by atoms with Crippen molar-refractivity contribution in [2.24, 2.45) is 0 Å². The number of piperidine rings is 1. The Kier molecular flexibility index (Phi) is 3.85. The Morgan fingerprint density at radius 2 is 2.00 bits per heavy atom. The fourth-order valence-corrected chi connectivity index (χ4v) is 2.69. The highest BCUT2D eigenvalue weighted by Gasteiger charge is 2.44. The summed E-state index contributed by atoms with van der Waals surface area (Å²) >= 11 is 0. The van der Waals surface area contributed by atoms with Crippen LogP contribution in [0.2, 0.25) is 0 Å². The van der Waals surface area contributed by atoms with E-state index in [0.29, 0.717) is 24.2 Å². The van der Waals surface area contributed by atoms with Crippen LogP contribution in [0.4, 0.5) is 0 Å². The van der Waals surface area contributed by atoms with Crippen molar-refractivity contribution < 1.29 is 14.7 Å². The van der Waals surface area contributed by atoms with Crippen LogP contribution in [-0.4, -0.2) is 44.2 Å². The minimum Gasteiger partial charge on any atom is -0.480 e. The number of nitrogens with zero attached hydrogens (tertiary/aromatic N) is 2. The maximum absolute atomic E-state index is 12.7. The van der Waals surface area contributed by atoms with E-state index >= 15 is 0 Å². The molecule has 1 saturated heterocycles. The molecule has 1 aliphatic rings. The van der Waals surface area contributed by atoms with Crippen molar-refractivity contribution in [1.82, 2.24) is 15.1 Å². The van der Waals surface area contributed by atoms with Crippen molar-refractivity contribution in [1.29, 1.82) is 0 Å². The molecule has 1 aliphatic heterocycles. The minimum absolute atomic E-state index is 0.0168. The van der Waals surface area contributed by atoms with Gasteiger partial charge in [-0.3, -0.25) is 9.59 Å². The molecule has 2 N–H and O–H groups in total. The molecule has 0 bridgehead atoms. The van der Waals surface area contributed by atoms with Crippen LogP contribution < -0.4 is 5.56 Å². The maximum atomic E-state index is 12.7. The molecule has 7 heteroatoms. The van der Waals surface area contributed by atoms with Crippen LogP contribution >= 0.6 is 0 Å². The SMILES string of the molecule is Cc1n[nH]c(=O)c(C(=O)N2CCCCC2(C)C(=O)O)c1C. The van der Waals surface area contributed by atoms with Gasteiger partial charge in [0.15, 0.2) is 0 Å². The second-order valence-corrected chi connectivity index (χ2v) is 5.63. The quantitative estimate of drug-likeness (QED) is 0.841. The van der Waals surface area contributed by atoms with E-state index in [9.17, 15) is 19.5 Å². The Balaban J connectivity index is 2.51. The number of aryl methyl sites for hydroxylation is 1. The first kappa shape index (κ1) is 15.2. The van der Waals surface area contributed by atoms with E-state index in [-0.39, 0.29) is 5.56 Å². The molecule has 114 valence electrons. The molecule has 1 unspecified atom stereocenters. The number of likely N-dealkylation sites (tertiary alicyclic amines) is 1. The molecule has 0 aliphatic carbocycles. The Labute approximate surface area is 122 Å². The van der Waals surface area contributed by atoms with Gasteiger partial charge in [0, 0.05) is 6.54 Å². The zero-order chi connectivity index (χ0) is 15.8. The molecule has 0 radical (unpaired) electrons. The molecule has 0 spiro atoms. The van der Waals surface area contributed by atoms with E-state index in [1.807, 2.05) is 0 Å². The maximum Gasteiger partial charge on any atom is 0.329 e. The molecular formula is C14H19N3O4. The van der Waals surface area contributed by atoms with Crippen LogP contribution in [0.25, 0.3) is 0 Å². The second kappa shape index (κ2) is 5.31. The smallest absolute Gasteiger partial charge is 0.329 e. The van der Waals surface area contributed by atoms with E-state index in [1.165, 1.54) is 11.8 Å². The molecule has 2 rings (SSSR count). The molecule has 0 aromatic carbocycles. The second-order valence-electron chi connectivity index (χ2n) is 5.63. The molecular weight excluding hydrogens is 274 g/mol. The lowest BCUT2D eigenvalue weighted by atomic mass is 9.87. The lowest BCUT2D eigenvalue weighted by Crippen LogP contribution is -2.58. The number of amides is 1. The number of aromatic amines is 1. The number of carbonyl (C=O) groups excluding carboxylic acids is 1. The van der Waals surface area contributed by atoms with Gasteiger partial charge >= 0.3 is 5.97 Å². The number of rotatable bonds is 2. The first-order valence-corrected chi connectivity index (χ1v) is 6.90. The van der Waals surface area contributed by atoms with Crippen LogP contribution in [0.1, 0.15) is 47.8 Å². The van der Waals surface area contributed by atoms with Crippen molar-refractivity contribution in [3.05, 3.63) is 27.2 Å². The van der Waals surface area contributed by atoms with Gasteiger partial charge in [-0.2, -0.15) is 5.10 Å². The van der Waals surface area contributed by atoms with Gasteiger partial charge in [-0.15, -0.1) is 0 Å². The number of carbonyl (C=O) groups is 2. The lowest BCUT2D eigenvalue weighted by molar-refractivity contribution is -0.150. The van der Waals surface area contributed by atoms with Crippen LogP contribution in [0.3, 0.4) is 0 Å². The van der Waals surface area contributed by atoms with Gasteiger partial charge < -0.3 is 10.0 Å². The van der Waals surface area contributed by atoms with Gasteiger partial charge in [0.05, 0.1) is 5.69 Å². The summed E-state index contributed by atoms with van der Waals surface area (Å²) < 4.78 is 0. The summed E-state index contributed by atoms with van der Waals surface area (Å²) in [4.78, 5) is 37.5. The number of carboxylic acids is 1. The molecule has 1 fully saturated rings. The summed E-state index contributed by atoms with van der Waals surface area (Å²) in [6.45, 7) is 5.20. The molecule has 2 heterocycles. The van der Waals surface area contributed by atoms with Gasteiger partial charge in [-0.25, -0.2) is 9.89 Å². The summed E-state index contributed by atoms with van der Waals surface area (Å²) in [7, 11) is 0. The van der Waals surface area contributed by atoms with E-state index in [4.69, 9.17) is 0 Å². The van der Waals surface area contributed by atoms with Gasteiger partial charge in [-0.1, -0.05) is 0 Å². The highest BCUT2D eigenvalue weighted by Crippen LogP contribution is 2.29. The van der Waals surface area contributed by atoms with E-state index in [2.05, 4.69) is 10.2 Å². The number of aliphatic carboxylic acids is 1. The number of nitrogens with one attached hydrogen (secondary N) is 1. The first-order valence-electron chi connectivity index (χ1n) is 6.90. The largest absolute Gasteiger partial charge is 0.480 e. The molecule has 1 aromatic heterocycles. The molecule has 1 atom stereocenters. The van der Waals surface area contributed by atoms with Crippen molar-refractivity contribution >= 4 is 11.9 Å². The average Bonchev–Trinajstić information content (AvgIpc) is 2.43. The van der Waals surface area contributed by atoms with Crippen molar-refractivity contribution in [3.63, 3.8) is 0 Å². The zero-order valence-electron chi connectivity index (χ0n) is 12.4. The van der Waals surface area contributed by atoms with Crippen LogP contribution in [0, 0.1) is 13.8 Å². The minimum atomic E-state index is -1.27. The van der Waals surface area contributed by atoms with Crippen LogP contribution in [0.15, 0.2) is 4.79 Å². The van der Waals surface area contributed by atoms with Gasteiger partial charge in [0.2, 0.25) is 0 Å². The number of hydrogen-bond donors (Lipinski definition) is 2. The number of hydrogen-bond acceptors (Lipinski definition) is 4. The van der Waals surface area contributed by atoms with Crippen molar-refractivity contribution in [2.45, 2.75) is 45.6 Å². The Bertz CT molecular complexity index is 652. The monoisotopic (exact) mass is 293 g/mol. The number of aromatic nitrogens is 2. The predicted octanol–water partition coefficient (Wildman–Crippen LogP) is 0.856. The third kappa shape index (κ3) is 2.43. The topological polar surface area (TPSA) is 103 Å². The van der Waals surface area contributed by atoms with Gasteiger partial charge in [0.25, 0.3) is 11.5 Å². The fourth-order valence-electron chi connectivity index (χ4n) is 2.69. The Morgan fingerprint density at radius 3 is 2.62 bits per heavy atom. The predicted molar refractivity (Wildman–Crippen MR) is 75.3 cm³/mol.